The lowest BCUT2D eigenvalue weighted by molar-refractivity contribution is 0.305. The number of hydrogen-bond acceptors (Lipinski definition) is 3. The third-order valence-corrected chi connectivity index (χ3v) is 7.31. The lowest BCUT2D eigenvalue weighted by atomic mass is 10.1. The quantitative estimate of drug-likeness (QED) is 0.108. The Bertz CT molecular complexity index is 1100. The molecule has 0 saturated heterocycles. The van der Waals surface area contributed by atoms with Crippen LogP contribution in [0, 0.1) is 11.5 Å². The molecule has 3 rings (SSSR count). The van der Waals surface area contributed by atoms with Crippen molar-refractivity contribution >= 4 is 25.1 Å². The number of anilines is 3. The summed E-state index contributed by atoms with van der Waals surface area (Å²) in [6, 6.07) is 25.4. The summed E-state index contributed by atoms with van der Waals surface area (Å²) in [6.07, 6.45) is 9.65. The number of hydrogen-bond donors (Lipinski definition) is 0. The third kappa shape index (κ3) is 10.9. The van der Waals surface area contributed by atoms with Gasteiger partial charge in [-0.15, -0.1) is 5.54 Å². The molecule has 4 heteroatoms. The van der Waals surface area contributed by atoms with Gasteiger partial charge in [0.2, 0.25) is 0 Å². The van der Waals surface area contributed by atoms with E-state index in [1.165, 1.54) is 38.5 Å². The van der Waals surface area contributed by atoms with Gasteiger partial charge >= 0.3 is 0 Å². The average molecular weight is 542 g/mol. The number of nitrogens with zero attached hydrogens (tertiary/aromatic N) is 1. The maximum Gasteiger partial charge on any atom is 0.129 e. The van der Waals surface area contributed by atoms with Gasteiger partial charge in [-0.3, -0.25) is 0 Å². The molecule has 0 spiro atoms. The molecule has 3 aromatic rings. The Morgan fingerprint density at radius 2 is 0.974 bits per heavy atom. The van der Waals surface area contributed by atoms with Crippen molar-refractivity contribution in [1.82, 2.24) is 0 Å². The molecule has 39 heavy (non-hydrogen) atoms. The molecule has 3 nitrogen and oxygen atoms in total. The third-order valence-electron chi connectivity index (χ3n) is 6.43. The van der Waals surface area contributed by atoms with Crippen LogP contribution in [0.3, 0.4) is 0 Å². The van der Waals surface area contributed by atoms with Crippen LogP contribution in [-0.4, -0.2) is 21.3 Å². The Hall–Kier alpha value is -3.16. The first kappa shape index (κ1) is 30.4. The van der Waals surface area contributed by atoms with Gasteiger partial charge < -0.3 is 14.4 Å². The monoisotopic (exact) mass is 541 g/mol. The summed E-state index contributed by atoms with van der Waals surface area (Å²) >= 11 is 0. The van der Waals surface area contributed by atoms with Crippen molar-refractivity contribution in [3.63, 3.8) is 0 Å². The molecule has 0 aliphatic carbocycles. The van der Waals surface area contributed by atoms with Gasteiger partial charge in [0, 0.05) is 22.6 Å². The minimum atomic E-state index is -1.42. The lowest BCUT2D eigenvalue weighted by Gasteiger charge is -2.26. The fourth-order valence-corrected chi connectivity index (χ4v) is 4.74. The van der Waals surface area contributed by atoms with Crippen LogP contribution < -0.4 is 14.4 Å². The van der Waals surface area contributed by atoms with Gasteiger partial charge in [-0.05, 0) is 85.6 Å². The van der Waals surface area contributed by atoms with E-state index in [2.05, 4.69) is 123 Å². The van der Waals surface area contributed by atoms with E-state index in [1.807, 2.05) is 0 Å². The number of unbranched alkanes of at least 4 members (excludes halogenated alkanes) is 6. The summed E-state index contributed by atoms with van der Waals surface area (Å²) in [4.78, 5) is 2.27. The molecule has 0 atom stereocenters. The average Bonchev–Trinajstić information content (AvgIpc) is 2.94. The molecule has 0 heterocycles. The van der Waals surface area contributed by atoms with Crippen LogP contribution in [0.1, 0.15) is 70.8 Å². The van der Waals surface area contributed by atoms with Crippen molar-refractivity contribution in [3.05, 3.63) is 78.4 Å². The van der Waals surface area contributed by atoms with Gasteiger partial charge in [-0.25, -0.2) is 0 Å². The highest BCUT2D eigenvalue weighted by Gasteiger charge is 2.13. The van der Waals surface area contributed by atoms with E-state index >= 15 is 0 Å². The molecule has 0 unspecified atom stereocenters. The lowest BCUT2D eigenvalue weighted by Crippen LogP contribution is -2.16. The zero-order chi connectivity index (χ0) is 27.9. The first-order valence-corrected chi connectivity index (χ1v) is 18.3. The largest absolute Gasteiger partial charge is 0.494 e. The predicted octanol–water partition coefficient (Wildman–Crippen LogP) is 10.3. The van der Waals surface area contributed by atoms with Crippen LogP contribution in [0.2, 0.25) is 19.6 Å². The molecule has 0 fully saturated rings. The molecule has 0 radical (unpaired) electrons. The normalized spacial score (nSPS) is 11.0. The molecule has 0 aliphatic rings. The SMILES string of the molecule is CCCCCCOc1ccc(N(c2ccc(C#C[Si](C)(C)C)cc2)c2ccc(OCCCCCC)cc2)cc1. The fraction of sp³-hybridized carbons (Fsp3) is 0.429. The molecule has 208 valence electrons. The minimum Gasteiger partial charge on any atom is -0.494 e. The van der Waals surface area contributed by atoms with Gasteiger partial charge in [0.25, 0.3) is 0 Å². The van der Waals surface area contributed by atoms with Gasteiger partial charge in [-0.1, -0.05) is 77.9 Å². The first-order valence-electron chi connectivity index (χ1n) is 14.8. The Kier molecular flexibility index (Phi) is 12.5. The van der Waals surface area contributed by atoms with Crippen molar-refractivity contribution < 1.29 is 9.47 Å². The van der Waals surface area contributed by atoms with Crippen molar-refractivity contribution in [3.8, 4) is 23.0 Å². The van der Waals surface area contributed by atoms with E-state index in [-0.39, 0.29) is 0 Å². The number of rotatable bonds is 15. The number of ether oxygens (including phenoxy) is 2. The Morgan fingerprint density at radius 3 is 1.36 bits per heavy atom. The smallest absolute Gasteiger partial charge is 0.129 e. The standard InChI is InChI=1S/C35H47NO2Si/c1-6-8-10-12-27-37-34-22-18-32(19-23-34)36(31-16-14-30(15-17-31)26-29-39(3,4)5)33-20-24-35(25-21-33)38-28-13-11-9-7-2/h14-25H,6-13,27-28H2,1-5H3. The Morgan fingerprint density at radius 1 is 0.564 bits per heavy atom. The highest BCUT2D eigenvalue weighted by molar-refractivity contribution is 6.83. The second kappa shape index (κ2) is 16.1. The van der Waals surface area contributed by atoms with E-state index in [4.69, 9.17) is 9.47 Å². The van der Waals surface area contributed by atoms with Crippen LogP contribution in [-0.2, 0) is 0 Å². The topological polar surface area (TPSA) is 21.7 Å². The van der Waals surface area contributed by atoms with Crippen LogP contribution >= 0.6 is 0 Å². The van der Waals surface area contributed by atoms with Crippen molar-refractivity contribution in [2.45, 2.75) is 84.9 Å². The zero-order valence-electron chi connectivity index (χ0n) is 24.8. The summed E-state index contributed by atoms with van der Waals surface area (Å²) in [6.45, 7) is 12.8. The molecule has 0 N–H and O–H groups in total. The second-order valence-electron chi connectivity index (χ2n) is 11.2. The highest BCUT2D eigenvalue weighted by atomic mass is 28.3. The van der Waals surface area contributed by atoms with Gasteiger partial charge in [-0.2, -0.15) is 0 Å². The van der Waals surface area contributed by atoms with Gasteiger partial charge in [0.15, 0.2) is 0 Å². The molecule has 0 bridgehead atoms. The molecule has 0 aliphatic heterocycles. The van der Waals surface area contributed by atoms with E-state index in [1.54, 1.807) is 0 Å². The summed E-state index contributed by atoms with van der Waals surface area (Å²) in [5, 5.41) is 0. The summed E-state index contributed by atoms with van der Waals surface area (Å²) < 4.78 is 12.0. The van der Waals surface area contributed by atoms with Crippen LogP contribution in [0.25, 0.3) is 0 Å². The molecule has 0 amide bonds. The number of benzene rings is 3. The molecule has 0 saturated carbocycles. The maximum atomic E-state index is 6.00. The highest BCUT2D eigenvalue weighted by Crippen LogP contribution is 2.36. The Balaban J connectivity index is 1.79. The Labute approximate surface area is 238 Å². The maximum absolute atomic E-state index is 6.00. The first-order chi connectivity index (χ1) is 18.9. The van der Waals surface area contributed by atoms with Crippen LogP contribution in [0.5, 0.6) is 11.5 Å². The van der Waals surface area contributed by atoms with Gasteiger partial charge in [0.05, 0.1) is 13.2 Å². The summed E-state index contributed by atoms with van der Waals surface area (Å²) in [5.74, 6) is 5.20. The zero-order valence-corrected chi connectivity index (χ0v) is 25.8. The van der Waals surface area contributed by atoms with Crippen molar-refractivity contribution in [2.24, 2.45) is 0 Å². The van der Waals surface area contributed by atoms with Crippen LogP contribution in [0.4, 0.5) is 17.1 Å². The van der Waals surface area contributed by atoms with E-state index in [0.717, 1.165) is 60.2 Å². The minimum absolute atomic E-state index is 0.767. The summed E-state index contributed by atoms with van der Waals surface area (Å²) in [5.41, 5.74) is 7.79. The molecular formula is C35H47NO2Si. The summed E-state index contributed by atoms with van der Waals surface area (Å²) in [7, 11) is -1.42. The van der Waals surface area contributed by atoms with Crippen LogP contribution in [0.15, 0.2) is 72.8 Å². The molecule has 0 aromatic heterocycles. The molecule has 3 aromatic carbocycles. The van der Waals surface area contributed by atoms with Crippen molar-refractivity contribution in [2.75, 3.05) is 18.1 Å². The predicted molar refractivity (Wildman–Crippen MR) is 171 cm³/mol. The van der Waals surface area contributed by atoms with E-state index in [0.29, 0.717) is 0 Å². The van der Waals surface area contributed by atoms with E-state index < -0.39 is 8.07 Å². The van der Waals surface area contributed by atoms with Crippen molar-refractivity contribution in [1.29, 1.82) is 0 Å². The van der Waals surface area contributed by atoms with E-state index in [9.17, 15) is 0 Å². The fourth-order valence-electron chi connectivity index (χ4n) is 4.22. The molecular weight excluding hydrogens is 494 g/mol. The second-order valence-corrected chi connectivity index (χ2v) is 15.9. The van der Waals surface area contributed by atoms with Gasteiger partial charge in [0.1, 0.15) is 19.6 Å².